The maximum atomic E-state index is 15.9. The van der Waals surface area contributed by atoms with Crippen LogP contribution >= 0.6 is 15.6 Å². The van der Waals surface area contributed by atoms with Gasteiger partial charge in [0, 0.05) is 0 Å². The van der Waals surface area contributed by atoms with E-state index < -0.39 is 83.6 Å². The topological polar surface area (TPSA) is 258 Å². The second-order valence-corrected chi connectivity index (χ2v) is 13.0. The number of aliphatic hydroxyl groups excluding tert-OH is 1. The number of aromatic nitrogens is 6. The second-order valence-electron chi connectivity index (χ2n) is 10.1. The molecule has 10 atom stereocenters. The first-order valence-corrected chi connectivity index (χ1v) is 16.0. The van der Waals surface area contributed by atoms with Crippen molar-refractivity contribution in [1.29, 1.82) is 0 Å². The molecular formula is C22H24FN7O12P2. The van der Waals surface area contributed by atoms with Crippen LogP contribution in [0.5, 0.6) is 0 Å². The van der Waals surface area contributed by atoms with Gasteiger partial charge in [-0.3, -0.25) is 32.4 Å². The minimum absolute atomic E-state index is 0.170. The van der Waals surface area contributed by atoms with E-state index in [1.54, 1.807) is 24.3 Å². The van der Waals surface area contributed by atoms with Gasteiger partial charge in [-0.25, -0.2) is 23.5 Å². The highest BCUT2D eigenvalue weighted by molar-refractivity contribution is 7.47. The molecule has 0 bridgehead atoms. The Morgan fingerprint density at radius 2 is 1.59 bits per heavy atom. The summed E-state index contributed by atoms with van der Waals surface area (Å²) < 4.78 is 76.5. The molecule has 7 rings (SSSR count). The number of aromatic amines is 1. The van der Waals surface area contributed by atoms with Crippen LogP contribution in [0.2, 0.25) is 0 Å². The van der Waals surface area contributed by atoms with Crippen molar-refractivity contribution >= 4 is 43.8 Å². The summed E-state index contributed by atoms with van der Waals surface area (Å²) >= 11 is 0. The number of nitrogens with one attached hydrogen (secondary N) is 1. The van der Waals surface area contributed by atoms with Gasteiger partial charge in [0.25, 0.3) is 5.56 Å². The number of aliphatic hydroxyl groups is 1. The number of imidazole rings is 2. The number of alkyl halides is 1. The van der Waals surface area contributed by atoms with Gasteiger partial charge >= 0.3 is 15.6 Å². The summed E-state index contributed by atoms with van der Waals surface area (Å²) in [7, 11) is -10.1. The van der Waals surface area contributed by atoms with Crippen LogP contribution in [0.4, 0.5) is 10.3 Å². The predicted octanol–water partition coefficient (Wildman–Crippen LogP) is 0.263. The van der Waals surface area contributed by atoms with E-state index in [2.05, 4.69) is 19.9 Å². The Hall–Kier alpha value is -3.13. The number of phosphoric acid groups is 2. The van der Waals surface area contributed by atoms with Gasteiger partial charge in [-0.05, 0) is 12.1 Å². The maximum Gasteiger partial charge on any atom is 0.472 e. The van der Waals surface area contributed by atoms with Crippen molar-refractivity contribution in [2.75, 3.05) is 18.9 Å². The van der Waals surface area contributed by atoms with Gasteiger partial charge in [-0.2, -0.15) is 4.98 Å². The molecule has 0 radical (unpaired) electrons. The van der Waals surface area contributed by atoms with Gasteiger partial charge in [0.05, 0.1) is 36.9 Å². The molecule has 4 aromatic rings. The lowest BCUT2D eigenvalue weighted by Gasteiger charge is -2.27. The average Bonchev–Trinajstić information content (AvgIpc) is 3.72. The van der Waals surface area contributed by atoms with Gasteiger partial charge in [0.1, 0.15) is 30.5 Å². The monoisotopic (exact) mass is 659 g/mol. The lowest BCUT2D eigenvalue weighted by Crippen LogP contribution is -2.38. The normalized spacial score (nSPS) is 38.3. The van der Waals surface area contributed by atoms with Gasteiger partial charge in [-0.15, -0.1) is 0 Å². The van der Waals surface area contributed by atoms with E-state index in [-0.39, 0.29) is 17.1 Å². The van der Waals surface area contributed by atoms with E-state index in [1.165, 1.54) is 10.9 Å². The average molecular weight is 659 g/mol. The number of phosphoric ester groups is 2. The molecule has 3 saturated heterocycles. The first-order chi connectivity index (χ1) is 20.9. The van der Waals surface area contributed by atoms with Crippen molar-refractivity contribution in [2.45, 2.75) is 49.1 Å². The molecule has 0 spiro atoms. The first kappa shape index (κ1) is 29.6. The first-order valence-electron chi connectivity index (χ1n) is 13.0. The van der Waals surface area contributed by atoms with E-state index in [0.717, 1.165) is 10.9 Å². The van der Waals surface area contributed by atoms with Crippen LogP contribution in [0.15, 0.2) is 41.7 Å². The Kier molecular flexibility index (Phi) is 7.22. The van der Waals surface area contributed by atoms with Crippen molar-refractivity contribution in [3.05, 3.63) is 47.3 Å². The molecule has 6 heterocycles. The standard InChI is InChI=1S/C22H24FN7O12P2/c23-13-16-11(39-20(13)30-8-26-14-18(30)27-22(24)28-19(14)32)5-37-44(35,36)42-17-12(6-38-43(33,34)41-16)40-21(15(17)31)29-7-25-9-3-1-2-4-10(9)29/h1-4,7-8,11-13,15-17,20-21,31H,5-6H2,(H,33,34)(H,35,36)(H3,24,27,28,32)/t11-,12-,13+,15?,16?,17+,20-,21-/m1/s1. The zero-order valence-corrected chi connectivity index (χ0v) is 23.9. The largest absolute Gasteiger partial charge is 0.472 e. The smallest absolute Gasteiger partial charge is 0.386 e. The number of rotatable bonds is 2. The Balaban J connectivity index is 1.17. The summed E-state index contributed by atoms with van der Waals surface area (Å²) in [6, 6.07) is 6.90. The number of halogens is 1. The molecule has 3 aromatic heterocycles. The van der Waals surface area contributed by atoms with E-state index in [9.17, 15) is 28.8 Å². The van der Waals surface area contributed by atoms with Crippen LogP contribution < -0.4 is 11.3 Å². The molecule has 22 heteroatoms. The van der Waals surface area contributed by atoms with Crippen LogP contribution in [0, 0.1) is 0 Å². The van der Waals surface area contributed by atoms with Crippen LogP contribution in [0.3, 0.4) is 0 Å². The summed E-state index contributed by atoms with van der Waals surface area (Å²) in [5.41, 5.74) is 5.64. The molecule has 4 unspecified atom stereocenters. The predicted molar refractivity (Wildman–Crippen MR) is 142 cm³/mol. The van der Waals surface area contributed by atoms with Gasteiger partial charge in [0.15, 0.2) is 29.8 Å². The number of nitrogens with zero attached hydrogens (tertiary/aromatic N) is 5. The zero-order valence-electron chi connectivity index (χ0n) is 22.1. The molecule has 0 aliphatic carbocycles. The van der Waals surface area contributed by atoms with Crippen molar-refractivity contribution in [3.63, 3.8) is 0 Å². The number of anilines is 1. The van der Waals surface area contributed by atoms with E-state index in [0.29, 0.717) is 11.0 Å². The summed E-state index contributed by atoms with van der Waals surface area (Å²) in [5.74, 6) is -0.297. The highest BCUT2D eigenvalue weighted by Gasteiger charge is 2.54. The quantitative estimate of drug-likeness (QED) is 0.181. The molecule has 6 N–H and O–H groups in total. The summed E-state index contributed by atoms with van der Waals surface area (Å²) in [6.45, 7) is -1.68. The van der Waals surface area contributed by atoms with Crippen LogP contribution in [0.25, 0.3) is 22.2 Å². The minimum Gasteiger partial charge on any atom is -0.386 e. The number of nitrogens with two attached hydrogens (primary N) is 1. The minimum atomic E-state index is -5.09. The fraction of sp³-hybridized carbons (Fsp3) is 0.455. The molecule has 3 aliphatic heterocycles. The summed E-state index contributed by atoms with van der Waals surface area (Å²) in [6.07, 6.45) is -10.8. The number of hydrogen-bond acceptors (Lipinski definition) is 14. The van der Waals surface area contributed by atoms with Crippen molar-refractivity contribution in [3.8, 4) is 0 Å². The van der Waals surface area contributed by atoms with Crippen molar-refractivity contribution in [2.24, 2.45) is 0 Å². The number of ether oxygens (including phenoxy) is 2. The Morgan fingerprint density at radius 3 is 2.34 bits per heavy atom. The molecule has 3 aliphatic rings. The molecule has 0 amide bonds. The van der Waals surface area contributed by atoms with Crippen LogP contribution in [-0.2, 0) is 36.7 Å². The lowest BCUT2D eigenvalue weighted by atomic mass is 10.1. The highest BCUT2D eigenvalue weighted by atomic mass is 31.2. The van der Waals surface area contributed by atoms with E-state index >= 15 is 4.39 Å². The summed E-state index contributed by atoms with van der Waals surface area (Å²) in [5, 5.41) is 11.1. The molecule has 0 saturated carbocycles. The fourth-order valence-corrected chi connectivity index (χ4v) is 7.33. The number of nitrogen functional groups attached to an aromatic ring is 1. The molecule has 19 nitrogen and oxygen atoms in total. The third kappa shape index (κ3) is 5.17. The lowest BCUT2D eigenvalue weighted by molar-refractivity contribution is -0.0662. The second kappa shape index (κ2) is 10.7. The SMILES string of the molecule is Nc1nc2c(ncn2[C@@H]2O[C@@H]3COP(=O)(O)O[C@@H]4C(O)[C@H](n5cnc6ccccc65)O[C@@H]4COP(=O)(O)OC3[C@@H]2F)c(=O)[nH]1. The Labute approximate surface area is 244 Å². The third-order valence-corrected chi connectivity index (χ3v) is 9.34. The van der Waals surface area contributed by atoms with Gasteiger partial charge < -0.3 is 34.7 Å². The summed E-state index contributed by atoms with van der Waals surface area (Å²) in [4.78, 5) is 47.6. The maximum absolute atomic E-state index is 15.9. The zero-order chi connectivity index (χ0) is 31.0. The highest BCUT2D eigenvalue weighted by Crippen LogP contribution is 2.54. The Bertz CT molecular complexity index is 1890. The van der Waals surface area contributed by atoms with Crippen LogP contribution in [0.1, 0.15) is 12.5 Å². The molecule has 44 heavy (non-hydrogen) atoms. The van der Waals surface area contributed by atoms with E-state index in [1.807, 2.05) is 0 Å². The Morgan fingerprint density at radius 1 is 0.955 bits per heavy atom. The molecule has 236 valence electrons. The van der Waals surface area contributed by atoms with Crippen LogP contribution in [-0.4, -0.2) is 93.9 Å². The third-order valence-electron chi connectivity index (χ3n) is 7.37. The van der Waals surface area contributed by atoms with E-state index in [4.69, 9.17) is 33.3 Å². The van der Waals surface area contributed by atoms with Crippen molar-refractivity contribution in [1.82, 2.24) is 29.1 Å². The number of H-pyrrole nitrogens is 1. The van der Waals surface area contributed by atoms with Crippen molar-refractivity contribution < 1.29 is 56.0 Å². The number of benzene rings is 1. The number of fused-ring (bicyclic) bond motifs is 4. The fourth-order valence-electron chi connectivity index (χ4n) is 5.41. The molecule has 3 fully saturated rings. The van der Waals surface area contributed by atoms with Gasteiger partial charge in [0.2, 0.25) is 5.95 Å². The molecule has 1 aromatic carbocycles. The molecular weight excluding hydrogens is 635 g/mol. The number of para-hydroxylation sites is 2. The number of hydrogen-bond donors (Lipinski definition) is 5. The van der Waals surface area contributed by atoms with Gasteiger partial charge in [-0.1, -0.05) is 12.1 Å².